The molecule has 3 heterocycles. The van der Waals surface area contributed by atoms with Crippen molar-refractivity contribution < 1.29 is 20.1 Å². The fraction of sp³-hybridized carbons (Fsp3) is 0.0345. The third-order valence-electron chi connectivity index (χ3n) is 5.16. The van der Waals surface area contributed by atoms with Crippen molar-refractivity contribution in [2.75, 3.05) is 0 Å². The molecule has 0 atom stereocenters. The first-order chi connectivity index (χ1) is 15.8. The van der Waals surface area contributed by atoms with Gasteiger partial charge in [0.2, 0.25) is 0 Å². The van der Waals surface area contributed by atoms with Crippen LogP contribution < -0.4 is 0 Å². The van der Waals surface area contributed by atoms with E-state index in [0.29, 0.717) is 0 Å². The fourth-order valence-electron chi connectivity index (χ4n) is 3.62. The minimum atomic E-state index is 0. The quantitative estimate of drug-likeness (QED) is 0.185. The van der Waals surface area contributed by atoms with Crippen molar-refractivity contribution in [1.82, 2.24) is 9.97 Å². The van der Waals surface area contributed by atoms with E-state index in [0.717, 1.165) is 22.5 Å². The van der Waals surface area contributed by atoms with E-state index in [4.69, 9.17) is 0 Å². The van der Waals surface area contributed by atoms with E-state index in [1.54, 1.807) is 6.20 Å². The van der Waals surface area contributed by atoms with Crippen LogP contribution in [0, 0.1) is 19.1 Å². The summed E-state index contributed by atoms with van der Waals surface area (Å²) in [7, 11) is 0. The van der Waals surface area contributed by atoms with Crippen LogP contribution in [0.25, 0.3) is 42.7 Å². The number of rotatable bonds is 2. The molecule has 0 N–H and O–H groups in total. The van der Waals surface area contributed by atoms with Crippen LogP contribution in [0.4, 0.5) is 0 Å². The van der Waals surface area contributed by atoms with E-state index < -0.39 is 0 Å². The molecule has 3 aromatic carbocycles. The summed E-state index contributed by atoms with van der Waals surface area (Å²) in [5, 5.41) is 2.62. The predicted molar refractivity (Wildman–Crippen MR) is 135 cm³/mol. The predicted octanol–water partition coefficient (Wildman–Crippen LogP) is 7.77. The molecular weight excluding hydrogens is 601 g/mol. The average molecular weight is 621 g/mol. The van der Waals surface area contributed by atoms with Gasteiger partial charge in [-0.15, -0.1) is 59.7 Å². The molecule has 3 aromatic heterocycles. The Hall–Kier alpha value is -3.17. The molecule has 0 aliphatic carbocycles. The van der Waals surface area contributed by atoms with Crippen LogP contribution in [-0.4, -0.2) is 9.97 Å². The van der Waals surface area contributed by atoms with Crippen LogP contribution in [0.5, 0.6) is 0 Å². The normalized spacial score (nSPS) is 10.3. The summed E-state index contributed by atoms with van der Waals surface area (Å²) in [4.78, 5) is 8.68. The van der Waals surface area contributed by atoms with Gasteiger partial charge in [-0.1, -0.05) is 41.8 Å². The molecule has 1 radical (unpaired) electrons. The maximum absolute atomic E-state index is 4.46. The van der Waals surface area contributed by atoms with Crippen molar-refractivity contribution in [3.05, 3.63) is 121 Å². The number of fused-ring (bicyclic) bond motifs is 3. The van der Waals surface area contributed by atoms with Crippen LogP contribution >= 0.6 is 11.3 Å². The van der Waals surface area contributed by atoms with E-state index >= 15 is 0 Å². The Kier molecular flexibility index (Phi) is 7.41. The Labute approximate surface area is 211 Å². The van der Waals surface area contributed by atoms with E-state index in [9.17, 15) is 0 Å². The third kappa shape index (κ3) is 5.09. The minimum absolute atomic E-state index is 0. The number of hydrogen-bond donors (Lipinski definition) is 0. The number of benzene rings is 3. The first-order valence-electron chi connectivity index (χ1n) is 10.4. The Morgan fingerprint density at radius 2 is 1.45 bits per heavy atom. The Morgan fingerprint density at radius 1 is 0.697 bits per heavy atom. The molecule has 0 unspecified atom stereocenters. The van der Waals surface area contributed by atoms with Gasteiger partial charge in [-0.3, -0.25) is 0 Å². The molecule has 0 spiro atoms. The second-order valence-corrected chi connectivity index (χ2v) is 8.46. The zero-order valence-corrected chi connectivity index (χ0v) is 21.2. The van der Waals surface area contributed by atoms with Crippen LogP contribution in [0.3, 0.4) is 0 Å². The van der Waals surface area contributed by atoms with Gasteiger partial charge >= 0.3 is 0 Å². The number of thiophene rings is 1. The van der Waals surface area contributed by atoms with Crippen LogP contribution in [0.15, 0.2) is 103 Å². The summed E-state index contributed by atoms with van der Waals surface area (Å²) >= 11 is 1.83. The molecule has 163 valence electrons. The Balaban J connectivity index is 0.000000172. The standard InChI is InChI=1S/C18H12NS.C11H8N.Ir/c1-12-8-9-13-14-5-4-6-15(16-7-2-3-10-19-16)18(14)20-17(13)11-12;1-2-6-10(7-3-1)11-8-4-5-9-12-11;/h2-5,7-11H,1H3;1-6,8-9H;/q2*-1;. The summed E-state index contributed by atoms with van der Waals surface area (Å²) in [5.74, 6) is 0. The molecule has 0 bridgehead atoms. The van der Waals surface area contributed by atoms with Gasteiger partial charge in [-0.2, -0.15) is 11.3 Å². The molecular formula is C29H20IrN2S-2. The van der Waals surface area contributed by atoms with Crippen molar-refractivity contribution in [3.63, 3.8) is 0 Å². The van der Waals surface area contributed by atoms with E-state index in [1.807, 2.05) is 84.3 Å². The van der Waals surface area contributed by atoms with Gasteiger partial charge in [0.05, 0.1) is 0 Å². The van der Waals surface area contributed by atoms with Crippen molar-refractivity contribution in [3.8, 4) is 22.5 Å². The number of pyridine rings is 2. The molecule has 33 heavy (non-hydrogen) atoms. The van der Waals surface area contributed by atoms with Crippen LogP contribution in [0.1, 0.15) is 5.56 Å². The molecule has 0 amide bonds. The van der Waals surface area contributed by atoms with Gasteiger partial charge in [0.15, 0.2) is 0 Å². The monoisotopic (exact) mass is 621 g/mol. The molecule has 0 aliphatic heterocycles. The first kappa shape index (κ1) is 23.0. The Morgan fingerprint density at radius 3 is 2.15 bits per heavy atom. The SMILES string of the molecule is Cc1ccc2c(c1)sc1c(-c3ccccn3)[c-]ccc12.[Ir].[c-]1ccccc1-c1ccccn1. The zero-order valence-electron chi connectivity index (χ0n) is 18.0. The third-order valence-corrected chi connectivity index (χ3v) is 6.35. The molecule has 6 aromatic rings. The van der Waals surface area contributed by atoms with Crippen molar-refractivity contribution in [2.24, 2.45) is 0 Å². The van der Waals surface area contributed by atoms with Crippen molar-refractivity contribution >= 4 is 31.5 Å². The summed E-state index contributed by atoms with van der Waals surface area (Å²) in [5.41, 5.74) is 5.40. The summed E-state index contributed by atoms with van der Waals surface area (Å²) in [6.45, 7) is 2.13. The molecule has 0 saturated carbocycles. The Bertz CT molecular complexity index is 1430. The van der Waals surface area contributed by atoms with E-state index in [2.05, 4.69) is 53.3 Å². The molecule has 0 fully saturated rings. The van der Waals surface area contributed by atoms with E-state index in [1.165, 1.54) is 25.7 Å². The van der Waals surface area contributed by atoms with Gasteiger partial charge in [0.25, 0.3) is 0 Å². The van der Waals surface area contributed by atoms with Crippen molar-refractivity contribution in [2.45, 2.75) is 6.92 Å². The van der Waals surface area contributed by atoms with Crippen molar-refractivity contribution in [1.29, 1.82) is 0 Å². The maximum atomic E-state index is 4.46. The molecule has 6 rings (SSSR count). The zero-order chi connectivity index (χ0) is 21.8. The van der Waals surface area contributed by atoms with Gasteiger partial charge in [0.1, 0.15) is 0 Å². The maximum Gasteiger partial charge on any atom is 0.0242 e. The number of nitrogens with zero attached hydrogens (tertiary/aromatic N) is 2. The van der Waals surface area contributed by atoms with Crippen LogP contribution in [0.2, 0.25) is 0 Å². The summed E-state index contributed by atoms with van der Waals surface area (Å²) in [6, 6.07) is 37.0. The van der Waals surface area contributed by atoms with Gasteiger partial charge in [-0.05, 0) is 52.2 Å². The minimum Gasteiger partial charge on any atom is -0.305 e. The largest absolute Gasteiger partial charge is 0.305 e. The summed E-state index contributed by atoms with van der Waals surface area (Å²) in [6.07, 6.45) is 3.62. The number of aromatic nitrogens is 2. The topological polar surface area (TPSA) is 25.8 Å². The summed E-state index contributed by atoms with van der Waals surface area (Å²) < 4.78 is 2.60. The van der Waals surface area contributed by atoms with E-state index in [-0.39, 0.29) is 20.1 Å². The fourth-order valence-corrected chi connectivity index (χ4v) is 4.93. The smallest absolute Gasteiger partial charge is 0.0242 e. The van der Waals surface area contributed by atoms with Gasteiger partial charge in [0, 0.05) is 37.2 Å². The molecule has 0 aliphatic rings. The molecule has 4 heteroatoms. The van der Waals surface area contributed by atoms with Gasteiger partial charge < -0.3 is 9.97 Å². The second-order valence-electron chi connectivity index (χ2n) is 7.40. The average Bonchev–Trinajstić information content (AvgIpc) is 3.24. The number of aryl methyl sites for hydroxylation is 1. The van der Waals surface area contributed by atoms with Gasteiger partial charge in [-0.25, -0.2) is 0 Å². The first-order valence-corrected chi connectivity index (χ1v) is 11.2. The number of hydrogen-bond acceptors (Lipinski definition) is 3. The molecule has 0 saturated heterocycles. The second kappa shape index (κ2) is 10.6. The van der Waals surface area contributed by atoms with Crippen LogP contribution in [-0.2, 0) is 20.1 Å². The molecule has 2 nitrogen and oxygen atoms in total.